The largest absolute Gasteiger partial charge is 0.484 e. The van der Waals surface area contributed by atoms with E-state index in [2.05, 4.69) is 5.32 Å². The quantitative estimate of drug-likeness (QED) is 0.383. The van der Waals surface area contributed by atoms with Crippen molar-refractivity contribution in [1.29, 1.82) is 0 Å². The van der Waals surface area contributed by atoms with Crippen molar-refractivity contribution in [2.24, 2.45) is 0 Å². The molecule has 0 aliphatic carbocycles. The second kappa shape index (κ2) is 9.11. The maximum absolute atomic E-state index is 12.8. The van der Waals surface area contributed by atoms with E-state index in [4.69, 9.17) is 20.8 Å². The molecule has 0 fully saturated rings. The summed E-state index contributed by atoms with van der Waals surface area (Å²) < 4.78 is 11.1. The Hall–Kier alpha value is -3.84. The standard InChI is InChI=1S/C24H18ClNO6/c25-15-6-8-16(9-7-15)31-13-23(28)26-19(24(29)30)12-20(27)14-5-10-22-18(11-14)17-3-1-2-4-21(17)32-22/h1-11,19H,12-13H2,(H,26,28)(H,29,30). The van der Waals surface area contributed by atoms with E-state index < -0.39 is 36.7 Å². The van der Waals surface area contributed by atoms with E-state index in [1.807, 2.05) is 24.3 Å². The van der Waals surface area contributed by atoms with Crippen molar-refractivity contribution < 1.29 is 28.6 Å². The summed E-state index contributed by atoms with van der Waals surface area (Å²) in [5.41, 5.74) is 1.66. The van der Waals surface area contributed by atoms with Crippen LogP contribution in [0.5, 0.6) is 5.75 Å². The molecule has 1 unspecified atom stereocenters. The zero-order chi connectivity index (χ0) is 22.7. The summed E-state index contributed by atoms with van der Waals surface area (Å²) >= 11 is 5.79. The summed E-state index contributed by atoms with van der Waals surface area (Å²) in [4.78, 5) is 36.5. The van der Waals surface area contributed by atoms with Crippen LogP contribution >= 0.6 is 11.6 Å². The molecule has 3 aromatic carbocycles. The van der Waals surface area contributed by atoms with E-state index in [0.717, 1.165) is 10.8 Å². The second-order valence-electron chi connectivity index (χ2n) is 7.14. The number of rotatable bonds is 8. The zero-order valence-corrected chi connectivity index (χ0v) is 17.5. The van der Waals surface area contributed by atoms with Gasteiger partial charge in [-0.15, -0.1) is 0 Å². The normalized spacial score (nSPS) is 11.9. The minimum absolute atomic E-state index is 0.335. The van der Waals surface area contributed by atoms with Crippen molar-refractivity contribution >= 4 is 51.2 Å². The summed E-state index contributed by atoms with van der Waals surface area (Å²) in [6, 6.07) is 17.4. The van der Waals surface area contributed by atoms with E-state index in [9.17, 15) is 19.5 Å². The van der Waals surface area contributed by atoms with E-state index in [-0.39, 0.29) is 0 Å². The molecule has 0 spiro atoms. The minimum atomic E-state index is -1.39. The highest BCUT2D eigenvalue weighted by Crippen LogP contribution is 2.29. The summed E-state index contributed by atoms with van der Waals surface area (Å²) in [5, 5.41) is 14.0. The lowest BCUT2D eigenvalue weighted by atomic mass is 10.0. The van der Waals surface area contributed by atoms with Crippen molar-refractivity contribution in [3.05, 3.63) is 77.3 Å². The number of furan rings is 1. The highest BCUT2D eigenvalue weighted by molar-refractivity contribution is 6.30. The number of para-hydroxylation sites is 1. The average molecular weight is 452 g/mol. The first-order chi connectivity index (χ1) is 15.4. The maximum Gasteiger partial charge on any atom is 0.326 e. The van der Waals surface area contributed by atoms with E-state index in [1.165, 1.54) is 0 Å². The van der Waals surface area contributed by atoms with Gasteiger partial charge in [0, 0.05) is 27.8 Å². The number of ether oxygens (including phenoxy) is 1. The summed E-state index contributed by atoms with van der Waals surface area (Å²) in [6.07, 6.45) is -0.399. The number of Topliss-reactive ketones (excluding diaryl/α,β-unsaturated/α-hetero) is 1. The Morgan fingerprint density at radius 3 is 2.44 bits per heavy atom. The second-order valence-corrected chi connectivity index (χ2v) is 7.57. The van der Waals surface area contributed by atoms with Gasteiger partial charge in [0.25, 0.3) is 5.91 Å². The van der Waals surface area contributed by atoms with Gasteiger partial charge in [0.15, 0.2) is 12.4 Å². The molecule has 162 valence electrons. The fourth-order valence-corrected chi connectivity index (χ4v) is 3.44. The van der Waals surface area contributed by atoms with Crippen LogP contribution in [0.4, 0.5) is 0 Å². The van der Waals surface area contributed by atoms with Crippen LogP contribution in [0, 0.1) is 0 Å². The molecule has 4 rings (SSSR count). The summed E-state index contributed by atoms with van der Waals surface area (Å²) in [6.45, 7) is -0.396. The lowest BCUT2D eigenvalue weighted by Crippen LogP contribution is -2.44. The molecule has 1 amide bonds. The van der Waals surface area contributed by atoms with Crippen molar-refractivity contribution in [3.8, 4) is 5.75 Å². The van der Waals surface area contributed by atoms with Crippen LogP contribution in [-0.4, -0.2) is 35.4 Å². The van der Waals surface area contributed by atoms with Crippen molar-refractivity contribution in [2.75, 3.05) is 6.61 Å². The molecule has 8 heteroatoms. The molecular formula is C24H18ClNO6. The first-order valence-corrected chi connectivity index (χ1v) is 10.1. The summed E-state index contributed by atoms with van der Waals surface area (Å²) in [7, 11) is 0. The number of aliphatic carboxylic acids is 1. The third-order valence-corrected chi connectivity index (χ3v) is 5.16. The fraction of sp³-hybridized carbons (Fsp3) is 0.125. The lowest BCUT2D eigenvalue weighted by molar-refractivity contribution is -0.142. The number of ketones is 1. The topological polar surface area (TPSA) is 106 Å². The van der Waals surface area contributed by atoms with E-state index >= 15 is 0 Å². The number of benzene rings is 3. The van der Waals surface area contributed by atoms with Gasteiger partial charge in [-0.3, -0.25) is 9.59 Å². The number of fused-ring (bicyclic) bond motifs is 3. The highest BCUT2D eigenvalue weighted by atomic mass is 35.5. The maximum atomic E-state index is 12.8. The molecule has 0 saturated heterocycles. The van der Waals surface area contributed by atoms with Crippen molar-refractivity contribution in [3.63, 3.8) is 0 Å². The van der Waals surface area contributed by atoms with Gasteiger partial charge in [-0.1, -0.05) is 29.8 Å². The van der Waals surface area contributed by atoms with Crippen molar-refractivity contribution in [1.82, 2.24) is 5.32 Å². The predicted molar refractivity (Wildman–Crippen MR) is 119 cm³/mol. The Morgan fingerprint density at radius 1 is 0.969 bits per heavy atom. The molecule has 0 aliphatic rings. The van der Waals surface area contributed by atoms with E-state index in [0.29, 0.717) is 27.5 Å². The number of carboxylic acids is 1. The number of carbonyl (C=O) groups is 3. The number of hydrogen-bond acceptors (Lipinski definition) is 5. The van der Waals surface area contributed by atoms with Gasteiger partial charge in [0.1, 0.15) is 23.0 Å². The Balaban J connectivity index is 1.43. The molecule has 4 aromatic rings. The number of nitrogens with one attached hydrogen (secondary N) is 1. The first-order valence-electron chi connectivity index (χ1n) is 9.76. The van der Waals surface area contributed by atoms with Gasteiger partial charge in [0.05, 0.1) is 0 Å². The molecule has 1 aromatic heterocycles. The van der Waals surface area contributed by atoms with Gasteiger partial charge >= 0.3 is 5.97 Å². The first kappa shape index (κ1) is 21.4. The number of halogens is 1. The van der Waals surface area contributed by atoms with Crippen LogP contribution in [0.1, 0.15) is 16.8 Å². The van der Waals surface area contributed by atoms with E-state index in [1.54, 1.807) is 42.5 Å². The van der Waals surface area contributed by atoms with Crippen molar-refractivity contribution in [2.45, 2.75) is 12.5 Å². The van der Waals surface area contributed by atoms with Gasteiger partial charge < -0.3 is 19.6 Å². The minimum Gasteiger partial charge on any atom is -0.484 e. The Kier molecular flexibility index (Phi) is 6.09. The predicted octanol–water partition coefficient (Wildman–Crippen LogP) is 4.46. The molecule has 0 saturated carbocycles. The van der Waals surface area contributed by atoms with Crippen LogP contribution in [-0.2, 0) is 9.59 Å². The molecule has 1 atom stereocenters. The molecule has 32 heavy (non-hydrogen) atoms. The number of amides is 1. The number of hydrogen-bond donors (Lipinski definition) is 2. The smallest absolute Gasteiger partial charge is 0.326 e. The molecule has 2 N–H and O–H groups in total. The SMILES string of the molecule is O=C(COc1ccc(Cl)cc1)NC(CC(=O)c1ccc2oc3ccccc3c2c1)C(=O)O. The third-order valence-electron chi connectivity index (χ3n) is 4.91. The number of carboxylic acid groups (broad SMARTS) is 1. The molecule has 0 bridgehead atoms. The molecule has 0 radical (unpaired) electrons. The molecular weight excluding hydrogens is 434 g/mol. The molecule has 7 nitrogen and oxygen atoms in total. The average Bonchev–Trinajstić information content (AvgIpc) is 3.16. The summed E-state index contributed by atoms with van der Waals surface area (Å²) in [5.74, 6) is -1.97. The van der Waals surface area contributed by atoms with Crippen LogP contribution in [0.15, 0.2) is 71.1 Å². The highest BCUT2D eigenvalue weighted by Gasteiger charge is 2.24. The fourth-order valence-electron chi connectivity index (χ4n) is 3.32. The van der Waals surface area contributed by atoms with Gasteiger partial charge in [0.2, 0.25) is 0 Å². The Morgan fingerprint density at radius 2 is 1.69 bits per heavy atom. The zero-order valence-electron chi connectivity index (χ0n) is 16.7. The van der Waals surface area contributed by atoms with Crippen LogP contribution in [0.25, 0.3) is 21.9 Å². The Bertz CT molecular complexity index is 1310. The monoisotopic (exact) mass is 451 g/mol. The van der Waals surface area contributed by atoms with Crippen LogP contribution in [0.3, 0.4) is 0 Å². The van der Waals surface area contributed by atoms with Gasteiger partial charge in [-0.2, -0.15) is 0 Å². The third kappa shape index (κ3) is 4.73. The molecule has 0 aliphatic heterocycles. The van der Waals surface area contributed by atoms with Gasteiger partial charge in [-0.25, -0.2) is 4.79 Å². The Labute approximate surface area is 187 Å². The molecule has 1 heterocycles. The van der Waals surface area contributed by atoms with Gasteiger partial charge in [-0.05, 0) is 48.5 Å². The lowest BCUT2D eigenvalue weighted by Gasteiger charge is -2.14. The van der Waals surface area contributed by atoms with Crippen LogP contribution < -0.4 is 10.1 Å². The number of carbonyl (C=O) groups excluding carboxylic acids is 2. The van der Waals surface area contributed by atoms with Crippen LogP contribution in [0.2, 0.25) is 5.02 Å².